The van der Waals surface area contributed by atoms with Gasteiger partial charge in [-0.3, -0.25) is 4.79 Å². The molecule has 24 heavy (non-hydrogen) atoms. The number of carbonyl (C=O) groups excluding carboxylic acids is 1. The SMILES string of the molecule is COc1ccc(OCCNCC(=O)Nc2ccc(C)c(C)c2)cc1. The quantitative estimate of drug-likeness (QED) is 0.732. The zero-order valence-corrected chi connectivity index (χ0v) is 14.4. The second kappa shape index (κ2) is 8.93. The van der Waals surface area contributed by atoms with Crippen LogP contribution in [0, 0.1) is 13.8 Å². The molecular weight excluding hydrogens is 304 g/mol. The van der Waals surface area contributed by atoms with E-state index in [0.717, 1.165) is 22.7 Å². The second-order valence-electron chi connectivity index (χ2n) is 5.55. The number of amides is 1. The van der Waals surface area contributed by atoms with Crippen LogP contribution in [0.5, 0.6) is 11.5 Å². The third-order valence-electron chi connectivity index (χ3n) is 3.68. The smallest absolute Gasteiger partial charge is 0.238 e. The van der Waals surface area contributed by atoms with Crippen LogP contribution < -0.4 is 20.1 Å². The van der Waals surface area contributed by atoms with E-state index in [1.807, 2.05) is 56.3 Å². The summed E-state index contributed by atoms with van der Waals surface area (Å²) in [5.41, 5.74) is 3.19. The predicted molar refractivity (Wildman–Crippen MR) is 95.9 cm³/mol. The average molecular weight is 328 g/mol. The lowest BCUT2D eigenvalue weighted by Crippen LogP contribution is -2.31. The van der Waals surface area contributed by atoms with Crippen LogP contribution in [0.2, 0.25) is 0 Å². The van der Waals surface area contributed by atoms with Gasteiger partial charge in [-0.15, -0.1) is 0 Å². The van der Waals surface area contributed by atoms with Crippen LogP contribution in [-0.4, -0.2) is 32.7 Å². The Bertz CT molecular complexity index is 669. The first kappa shape index (κ1) is 17.8. The summed E-state index contributed by atoms with van der Waals surface area (Å²) >= 11 is 0. The van der Waals surface area contributed by atoms with Crippen LogP contribution in [-0.2, 0) is 4.79 Å². The van der Waals surface area contributed by atoms with Gasteiger partial charge in [-0.1, -0.05) is 6.07 Å². The molecule has 0 aliphatic rings. The maximum Gasteiger partial charge on any atom is 0.238 e. The fraction of sp³-hybridized carbons (Fsp3) is 0.316. The summed E-state index contributed by atoms with van der Waals surface area (Å²) in [5.74, 6) is 1.50. The van der Waals surface area contributed by atoms with Gasteiger partial charge in [0.2, 0.25) is 5.91 Å². The molecule has 0 saturated carbocycles. The van der Waals surface area contributed by atoms with E-state index in [0.29, 0.717) is 13.2 Å². The van der Waals surface area contributed by atoms with Gasteiger partial charge in [-0.05, 0) is 61.4 Å². The summed E-state index contributed by atoms with van der Waals surface area (Å²) < 4.78 is 10.7. The first-order chi connectivity index (χ1) is 11.6. The Hall–Kier alpha value is -2.53. The average Bonchev–Trinajstić information content (AvgIpc) is 2.58. The lowest BCUT2D eigenvalue weighted by Gasteiger charge is -2.10. The highest BCUT2D eigenvalue weighted by Gasteiger charge is 2.03. The van der Waals surface area contributed by atoms with E-state index in [1.54, 1.807) is 7.11 Å². The second-order valence-corrected chi connectivity index (χ2v) is 5.55. The van der Waals surface area contributed by atoms with Gasteiger partial charge in [0.15, 0.2) is 0 Å². The molecule has 0 bridgehead atoms. The fourth-order valence-corrected chi connectivity index (χ4v) is 2.14. The molecule has 0 saturated heterocycles. The Balaban J connectivity index is 1.64. The summed E-state index contributed by atoms with van der Waals surface area (Å²) in [5, 5.41) is 5.94. The van der Waals surface area contributed by atoms with E-state index in [4.69, 9.17) is 9.47 Å². The number of aryl methyl sites for hydroxylation is 2. The molecule has 2 aromatic carbocycles. The highest BCUT2D eigenvalue weighted by Crippen LogP contribution is 2.16. The Labute approximate surface area is 143 Å². The van der Waals surface area contributed by atoms with Crippen molar-refractivity contribution in [2.24, 2.45) is 0 Å². The van der Waals surface area contributed by atoms with Gasteiger partial charge in [0, 0.05) is 12.2 Å². The largest absolute Gasteiger partial charge is 0.497 e. The van der Waals surface area contributed by atoms with E-state index >= 15 is 0 Å². The van der Waals surface area contributed by atoms with Gasteiger partial charge in [0.05, 0.1) is 13.7 Å². The lowest BCUT2D eigenvalue weighted by molar-refractivity contribution is -0.115. The minimum atomic E-state index is -0.0669. The molecule has 0 aliphatic heterocycles. The van der Waals surface area contributed by atoms with Gasteiger partial charge in [0.1, 0.15) is 18.1 Å². The molecule has 0 unspecified atom stereocenters. The molecule has 2 rings (SSSR count). The van der Waals surface area contributed by atoms with Crippen LogP contribution in [0.15, 0.2) is 42.5 Å². The summed E-state index contributed by atoms with van der Waals surface area (Å²) in [7, 11) is 1.63. The van der Waals surface area contributed by atoms with E-state index in [1.165, 1.54) is 5.56 Å². The van der Waals surface area contributed by atoms with Gasteiger partial charge in [0.25, 0.3) is 0 Å². The summed E-state index contributed by atoms with van der Waals surface area (Å²) in [6.45, 7) is 5.40. The molecule has 5 nitrogen and oxygen atoms in total. The molecule has 0 aliphatic carbocycles. The Morgan fingerprint density at radius 1 is 1.00 bits per heavy atom. The Morgan fingerprint density at radius 3 is 2.38 bits per heavy atom. The standard InChI is InChI=1S/C19H24N2O3/c1-14-4-5-16(12-15(14)2)21-19(22)13-20-10-11-24-18-8-6-17(23-3)7-9-18/h4-9,12,20H,10-11,13H2,1-3H3,(H,21,22). The number of anilines is 1. The van der Waals surface area contributed by atoms with Crippen molar-refractivity contribution < 1.29 is 14.3 Å². The van der Waals surface area contributed by atoms with E-state index < -0.39 is 0 Å². The summed E-state index contributed by atoms with van der Waals surface area (Å²) in [6.07, 6.45) is 0. The van der Waals surface area contributed by atoms with Crippen LogP contribution >= 0.6 is 0 Å². The van der Waals surface area contributed by atoms with E-state index in [2.05, 4.69) is 10.6 Å². The fourth-order valence-electron chi connectivity index (χ4n) is 2.14. The number of rotatable bonds is 8. The molecular formula is C19H24N2O3. The zero-order chi connectivity index (χ0) is 17.4. The number of methoxy groups -OCH3 is 1. The molecule has 128 valence electrons. The molecule has 0 aromatic heterocycles. The molecule has 0 heterocycles. The zero-order valence-electron chi connectivity index (χ0n) is 14.4. The van der Waals surface area contributed by atoms with Crippen molar-refractivity contribution in [3.8, 4) is 11.5 Å². The number of carbonyl (C=O) groups is 1. The number of ether oxygens (including phenoxy) is 2. The molecule has 0 spiro atoms. The van der Waals surface area contributed by atoms with Crippen LogP contribution in [0.3, 0.4) is 0 Å². The monoisotopic (exact) mass is 328 g/mol. The van der Waals surface area contributed by atoms with Crippen LogP contribution in [0.25, 0.3) is 0 Å². The van der Waals surface area contributed by atoms with Crippen molar-refractivity contribution >= 4 is 11.6 Å². The maximum atomic E-state index is 11.9. The lowest BCUT2D eigenvalue weighted by atomic mass is 10.1. The summed E-state index contributed by atoms with van der Waals surface area (Å²) in [6, 6.07) is 13.3. The van der Waals surface area contributed by atoms with E-state index in [9.17, 15) is 4.79 Å². The van der Waals surface area contributed by atoms with Gasteiger partial charge >= 0.3 is 0 Å². The summed E-state index contributed by atoms with van der Waals surface area (Å²) in [4.78, 5) is 11.9. The van der Waals surface area contributed by atoms with Crippen molar-refractivity contribution in [3.05, 3.63) is 53.6 Å². The molecule has 5 heteroatoms. The molecule has 2 N–H and O–H groups in total. The maximum absolute atomic E-state index is 11.9. The highest BCUT2D eigenvalue weighted by atomic mass is 16.5. The Kier molecular flexibility index (Phi) is 6.63. The molecule has 1 amide bonds. The topological polar surface area (TPSA) is 59.6 Å². The Morgan fingerprint density at radius 2 is 1.71 bits per heavy atom. The normalized spacial score (nSPS) is 10.3. The molecule has 0 radical (unpaired) electrons. The predicted octanol–water partition coefficient (Wildman–Crippen LogP) is 2.92. The number of hydrogen-bond acceptors (Lipinski definition) is 4. The van der Waals surface area contributed by atoms with Gasteiger partial charge in [-0.25, -0.2) is 0 Å². The third kappa shape index (κ3) is 5.59. The van der Waals surface area contributed by atoms with Gasteiger partial charge in [-0.2, -0.15) is 0 Å². The molecule has 0 atom stereocenters. The minimum absolute atomic E-state index is 0.0669. The molecule has 2 aromatic rings. The molecule has 0 fully saturated rings. The van der Waals surface area contributed by atoms with Crippen molar-refractivity contribution in [1.82, 2.24) is 5.32 Å². The van der Waals surface area contributed by atoms with Crippen molar-refractivity contribution in [2.45, 2.75) is 13.8 Å². The highest BCUT2D eigenvalue weighted by molar-refractivity contribution is 5.92. The number of benzene rings is 2. The van der Waals surface area contributed by atoms with Crippen LogP contribution in [0.4, 0.5) is 5.69 Å². The van der Waals surface area contributed by atoms with Crippen molar-refractivity contribution in [2.75, 3.05) is 32.1 Å². The van der Waals surface area contributed by atoms with Gasteiger partial charge < -0.3 is 20.1 Å². The first-order valence-electron chi connectivity index (χ1n) is 7.93. The van der Waals surface area contributed by atoms with Crippen molar-refractivity contribution in [3.63, 3.8) is 0 Å². The first-order valence-corrected chi connectivity index (χ1v) is 7.93. The minimum Gasteiger partial charge on any atom is -0.497 e. The van der Waals surface area contributed by atoms with E-state index in [-0.39, 0.29) is 12.5 Å². The number of nitrogens with one attached hydrogen (secondary N) is 2. The third-order valence-corrected chi connectivity index (χ3v) is 3.68. The van der Waals surface area contributed by atoms with Crippen molar-refractivity contribution in [1.29, 1.82) is 0 Å². The van der Waals surface area contributed by atoms with Crippen LogP contribution in [0.1, 0.15) is 11.1 Å². The number of hydrogen-bond donors (Lipinski definition) is 2.